The molecule has 1 spiro atoms. The molecule has 0 aromatic rings. The monoisotopic (exact) mass is 345 g/mol. The summed E-state index contributed by atoms with van der Waals surface area (Å²) < 4.78 is 6.46. The van der Waals surface area contributed by atoms with Crippen molar-refractivity contribution in [3.8, 4) is 0 Å². The van der Waals surface area contributed by atoms with Gasteiger partial charge in [-0.25, -0.2) is 0 Å². The highest BCUT2D eigenvalue weighted by Crippen LogP contribution is 2.58. The van der Waals surface area contributed by atoms with Gasteiger partial charge >= 0.3 is 0 Å². The second-order valence-electron chi connectivity index (χ2n) is 7.74. The van der Waals surface area contributed by atoms with Gasteiger partial charge in [0, 0.05) is 24.3 Å². The number of rotatable bonds is 2. The van der Waals surface area contributed by atoms with E-state index in [2.05, 4.69) is 29.4 Å². The van der Waals surface area contributed by atoms with Crippen LogP contribution in [0.4, 0.5) is 0 Å². The molecule has 1 saturated carbocycles. The van der Waals surface area contributed by atoms with Crippen molar-refractivity contribution >= 4 is 11.7 Å². The Hall–Kier alpha value is -2.02. The third-order valence-corrected chi connectivity index (χ3v) is 6.00. The topological polar surface area (TPSA) is 98.5 Å². The van der Waals surface area contributed by atoms with Gasteiger partial charge in [0.1, 0.15) is 11.9 Å². The maximum absolute atomic E-state index is 6.46. The lowest BCUT2D eigenvalue weighted by atomic mass is 9.61. The van der Waals surface area contributed by atoms with Crippen LogP contribution in [-0.2, 0) is 9.57 Å². The second kappa shape index (κ2) is 6.05. The van der Waals surface area contributed by atoms with Gasteiger partial charge in [0.15, 0.2) is 0 Å². The van der Waals surface area contributed by atoms with Crippen LogP contribution >= 0.6 is 0 Å². The molecule has 4 aliphatic rings. The zero-order chi connectivity index (χ0) is 17.6. The highest BCUT2D eigenvalue weighted by atomic mass is 16.7. The van der Waals surface area contributed by atoms with Crippen LogP contribution in [0.3, 0.4) is 0 Å². The van der Waals surface area contributed by atoms with Gasteiger partial charge in [-0.15, -0.1) is 5.10 Å². The summed E-state index contributed by atoms with van der Waals surface area (Å²) in [7, 11) is 1.72. The van der Waals surface area contributed by atoms with Gasteiger partial charge in [-0.05, 0) is 37.2 Å². The Bertz CT molecular complexity index is 679. The van der Waals surface area contributed by atoms with Crippen LogP contribution in [0.15, 0.2) is 33.8 Å². The summed E-state index contributed by atoms with van der Waals surface area (Å²) in [6, 6.07) is 0. The van der Waals surface area contributed by atoms with Crippen LogP contribution in [0, 0.1) is 17.3 Å². The van der Waals surface area contributed by atoms with Crippen molar-refractivity contribution in [3.05, 3.63) is 23.6 Å². The smallest absolute Gasteiger partial charge is 0.211 e. The normalized spacial score (nSPS) is 38.1. The molecule has 0 radical (unpaired) electrons. The Labute approximate surface area is 148 Å². The molecule has 7 heteroatoms. The Morgan fingerprint density at radius 1 is 1.40 bits per heavy atom. The van der Waals surface area contributed by atoms with Crippen molar-refractivity contribution in [2.24, 2.45) is 38.9 Å². The fourth-order valence-electron chi connectivity index (χ4n) is 5.09. The summed E-state index contributed by atoms with van der Waals surface area (Å²) in [5.41, 5.74) is 13.3. The molecule has 2 aliphatic carbocycles. The molecule has 4 unspecified atom stereocenters. The van der Waals surface area contributed by atoms with Gasteiger partial charge in [0.25, 0.3) is 0 Å². The Morgan fingerprint density at radius 2 is 2.24 bits per heavy atom. The first-order valence-corrected chi connectivity index (χ1v) is 9.06. The Balaban J connectivity index is 1.76. The average molecular weight is 345 g/mol. The molecule has 0 aromatic heterocycles. The first-order valence-electron chi connectivity index (χ1n) is 9.06. The molecule has 4 rings (SSSR count). The van der Waals surface area contributed by atoms with Crippen molar-refractivity contribution in [2.75, 3.05) is 13.7 Å². The molecule has 136 valence electrons. The van der Waals surface area contributed by atoms with Crippen LogP contribution in [-0.4, -0.2) is 36.5 Å². The van der Waals surface area contributed by atoms with E-state index in [1.54, 1.807) is 7.11 Å². The highest BCUT2D eigenvalue weighted by molar-refractivity contribution is 5.89. The summed E-state index contributed by atoms with van der Waals surface area (Å²) in [4.78, 5) is 5.54. The summed E-state index contributed by atoms with van der Waals surface area (Å²) in [6.07, 6.45) is 9.65. The van der Waals surface area contributed by atoms with Crippen molar-refractivity contribution in [1.29, 1.82) is 0 Å². The minimum absolute atomic E-state index is 0.00659. The molecular weight excluding hydrogens is 318 g/mol. The van der Waals surface area contributed by atoms with Crippen molar-refractivity contribution in [3.63, 3.8) is 0 Å². The molecule has 0 saturated heterocycles. The number of nitrogens with two attached hydrogens (primary N) is 2. The van der Waals surface area contributed by atoms with E-state index in [4.69, 9.17) is 21.0 Å². The number of guanidine groups is 1. The van der Waals surface area contributed by atoms with Crippen molar-refractivity contribution < 1.29 is 9.57 Å². The fourth-order valence-corrected chi connectivity index (χ4v) is 5.09. The number of hydrogen-bond acceptors (Lipinski definition) is 5. The average Bonchev–Trinajstić information content (AvgIpc) is 2.80. The predicted molar refractivity (Wildman–Crippen MR) is 96.2 cm³/mol. The standard InChI is InChI=1S/C18H27N5O2/c1-11-3-4-15-18(9-11)5-6-23(24-2)10-12-7-13(21-22-17(19)20)8-14(25-15)16(12)18/h5-6,11-12,15H,3-4,7-10H2,1-2H3,(H4,19,20,22). The largest absolute Gasteiger partial charge is 0.493 e. The SMILES string of the molecule is CON1C=CC23CC(C)CCC2OC2=C3C(CC(=NN=C(N)N)C2)C1. The zero-order valence-electron chi connectivity index (χ0n) is 14.9. The van der Waals surface area contributed by atoms with Gasteiger partial charge < -0.3 is 16.2 Å². The second-order valence-corrected chi connectivity index (χ2v) is 7.74. The zero-order valence-corrected chi connectivity index (χ0v) is 14.9. The fraction of sp³-hybridized carbons (Fsp3) is 0.667. The summed E-state index contributed by atoms with van der Waals surface area (Å²) in [5, 5.41) is 10.0. The van der Waals surface area contributed by atoms with E-state index in [9.17, 15) is 0 Å². The van der Waals surface area contributed by atoms with Crippen LogP contribution in [0.25, 0.3) is 0 Å². The molecule has 2 heterocycles. The molecule has 0 aromatic carbocycles. The molecule has 0 bridgehead atoms. The van der Waals surface area contributed by atoms with Crippen molar-refractivity contribution in [2.45, 2.75) is 45.1 Å². The van der Waals surface area contributed by atoms with E-state index >= 15 is 0 Å². The van der Waals surface area contributed by atoms with Crippen LogP contribution in [0.2, 0.25) is 0 Å². The van der Waals surface area contributed by atoms with Gasteiger partial charge in [-0.3, -0.25) is 9.90 Å². The maximum Gasteiger partial charge on any atom is 0.211 e. The van der Waals surface area contributed by atoms with Gasteiger partial charge in [-0.2, -0.15) is 5.10 Å². The number of hydroxylamine groups is 2. The molecule has 7 nitrogen and oxygen atoms in total. The molecule has 2 aliphatic heterocycles. The number of hydrogen-bond donors (Lipinski definition) is 2. The number of allylic oxidation sites excluding steroid dienone is 1. The quantitative estimate of drug-likeness (QED) is 0.452. The summed E-state index contributed by atoms with van der Waals surface area (Å²) in [6.45, 7) is 3.14. The molecule has 0 amide bonds. The number of ether oxygens (including phenoxy) is 1. The van der Waals surface area contributed by atoms with Crippen LogP contribution in [0.5, 0.6) is 0 Å². The molecule has 25 heavy (non-hydrogen) atoms. The highest BCUT2D eigenvalue weighted by Gasteiger charge is 2.55. The first kappa shape index (κ1) is 16.4. The summed E-state index contributed by atoms with van der Waals surface area (Å²) in [5.74, 6) is 2.08. The van der Waals surface area contributed by atoms with E-state index in [-0.39, 0.29) is 17.5 Å². The van der Waals surface area contributed by atoms with Crippen molar-refractivity contribution in [1.82, 2.24) is 5.06 Å². The predicted octanol–water partition coefficient (Wildman–Crippen LogP) is 1.88. The van der Waals surface area contributed by atoms with E-state index in [0.717, 1.165) is 37.3 Å². The maximum atomic E-state index is 6.46. The molecule has 4 N–H and O–H groups in total. The van der Waals surface area contributed by atoms with Gasteiger partial charge in [0.2, 0.25) is 5.96 Å². The minimum atomic E-state index is -0.0142. The lowest BCUT2D eigenvalue weighted by Gasteiger charge is -2.41. The van der Waals surface area contributed by atoms with Crippen LogP contribution in [0.1, 0.15) is 39.0 Å². The Kier molecular flexibility index (Phi) is 3.98. The van der Waals surface area contributed by atoms with E-state index in [1.165, 1.54) is 12.0 Å². The summed E-state index contributed by atoms with van der Waals surface area (Å²) >= 11 is 0. The van der Waals surface area contributed by atoms with Crippen LogP contribution < -0.4 is 11.5 Å². The first-order chi connectivity index (χ1) is 12.0. The molecular formula is C18H27N5O2. The van der Waals surface area contributed by atoms with Gasteiger partial charge in [0.05, 0.1) is 19.1 Å². The Morgan fingerprint density at radius 3 is 3.00 bits per heavy atom. The minimum Gasteiger partial charge on any atom is -0.493 e. The van der Waals surface area contributed by atoms with E-state index in [1.807, 2.05) is 5.06 Å². The van der Waals surface area contributed by atoms with E-state index < -0.39 is 0 Å². The van der Waals surface area contributed by atoms with E-state index in [0.29, 0.717) is 18.3 Å². The third kappa shape index (κ3) is 2.70. The lowest BCUT2D eigenvalue weighted by Crippen LogP contribution is -2.40. The van der Waals surface area contributed by atoms with Gasteiger partial charge in [-0.1, -0.05) is 13.0 Å². The molecule has 4 atom stereocenters. The lowest BCUT2D eigenvalue weighted by molar-refractivity contribution is -0.0932. The molecule has 1 fully saturated rings. The third-order valence-electron chi connectivity index (χ3n) is 6.00. The number of nitrogens with zero attached hydrogens (tertiary/aromatic N) is 3.